The molecule has 6 nitrogen and oxygen atoms in total. The summed E-state index contributed by atoms with van der Waals surface area (Å²) in [5.74, 6) is 0.0612. The summed E-state index contributed by atoms with van der Waals surface area (Å²) in [5, 5.41) is 14.8. The third-order valence-corrected chi connectivity index (χ3v) is 5.00. The van der Waals surface area contributed by atoms with Crippen LogP contribution in [0.25, 0.3) is 0 Å². The second-order valence-electron chi connectivity index (χ2n) is 7.05. The van der Waals surface area contributed by atoms with Crippen LogP contribution in [0.2, 0.25) is 0 Å². The zero-order valence-electron chi connectivity index (χ0n) is 14.0. The van der Waals surface area contributed by atoms with E-state index in [0.29, 0.717) is 25.2 Å². The van der Waals surface area contributed by atoms with Gasteiger partial charge in [0.2, 0.25) is 0 Å². The van der Waals surface area contributed by atoms with E-state index in [0.717, 1.165) is 11.3 Å². The second kappa shape index (κ2) is 5.06. The summed E-state index contributed by atoms with van der Waals surface area (Å²) >= 11 is 0. The summed E-state index contributed by atoms with van der Waals surface area (Å²) in [6.45, 7) is 8.73. The monoisotopic (exact) mass is 307 g/mol. The summed E-state index contributed by atoms with van der Waals surface area (Å²) in [7, 11) is 1.85. The average Bonchev–Trinajstić information content (AvgIpc) is 2.71. The summed E-state index contributed by atoms with van der Waals surface area (Å²) in [6, 6.07) is 0. The van der Waals surface area contributed by atoms with E-state index in [-0.39, 0.29) is 24.0 Å². The number of hydrogen-bond acceptors (Lipinski definition) is 4. The Kier molecular flexibility index (Phi) is 3.57. The fourth-order valence-electron chi connectivity index (χ4n) is 3.48. The van der Waals surface area contributed by atoms with Crippen molar-refractivity contribution in [3.8, 4) is 0 Å². The normalized spacial score (nSPS) is 26.8. The van der Waals surface area contributed by atoms with Gasteiger partial charge in [0.1, 0.15) is 5.60 Å². The van der Waals surface area contributed by atoms with Gasteiger partial charge in [0.25, 0.3) is 5.91 Å². The van der Waals surface area contributed by atoms with E-state index < -0.39 is 5.60 Å². The molecular formula is C16H25N3O3. The van der Waals surface area contributed by atoms with E-state index in [1.54, 1.807) is 9.58 Å². The first-order chi connectivity index (χ1) is 10.2. The first kappa shape index (κ1) is 15.5. The molecule has 122 valence electrons. The number of amides is 1. The molecule has 0 aliphatic carbocycles. The number of aliphatic hydroxyl groups is 1. The Balaban J connectivity index is 1.85. The molecule has 1 aromatic heterocycles. The largest absolute Gasteiger partial charge is 0.386 e. The molecule has 0 unspecified atom stereocenters. The van der Waals surface area contributed by atoms with Crippen molar-refractivity contribution in [3.63, 3.8) is 0 Å². The van der Waals surface area contributed by atoms with Gasteiger partial charge >= 0.3 is 0 Å². The molecule has 0 bridgehead atoms. The number of carbonyl (C=O) groups is 1. The van der Waals surface area contributed by atoms with Gasteiger partial charge in [-0.2, -0.15) is 5.10 Å². The van der Waals surface area contributed by atoms with Crippen molar-refractivity contribution >= 4 is 5.91 Å². The van der Waals surface area contributed by atoms with Crippen LogP contribution in [0, 0.1) is 5.92 Å². The number of aromatic nitrogens is 2. The number of ether oxygens (including phenoxy) is 1. The number of fused-ring (bicyclic) bond motifs is 1. The zero-order chi connectivity index (χ0) is 16.2. The lowest BCUT2D eigenvalue weighted by Gasteiger charge is -2.48. The Morgan fingerprint density at radius 1 is 1.41 bits per heavy atom. The van der Waals surface area contributed by atoms with E-state index in [2.05, 4.69) is 5.10 Å². The van der Waals surface area contributed by atoms with E-state index in [4.69, 9.17) is 4.74 Å². The molecule has 2 aliphatic heterocycles. The summed E-state index contributed by atoms with van der Waals surface area (Å²) < 4.78 is 7.58. The van der Waals surface area contributed by atoms with Crippen LogP contribution in [-0.4, -0.2) is 50.5 Å². The van der Waals surface area contributed by atoms with Gasteiger partial charge in [-0.05, 0) is 19.8 Å². The standard InChI is InChI=1S/C16H25N3O3/c1-9(2)16(21)7-19(8-16)15(20)13-12-6-10(3)22-11(4)14(12)18(5)17-13/h9-11,21H,6-8H2,1-5H3/t10-,11+/m0/s1. The van der Waals surface area contributed by atoms with Crippen molar-refractivity contribution in [1.29, 1.82) is 0 Å². The maximum absolute atomic E-state index is 12.7. The minimum absolute atomic E-state index is 0.0539. The molecule has 1 fully saturated rings. The fourth-order valence-corrected chi connectivity index (χ4v) is 3.48. The molecule has 1 amide bonds. The van der Waals surface area contributed by atoms with Gasteiger partial charge in [-0.15, -0.1) is 0 Å². The first-order valence-corrected chi connectivity index (χ1v) is 7.96. The summed E-state index contributed by atoms with van der Waals surface area (Å²) in [5.41, 5.74) is 1.75. The lowest BCUT2D eigenvalue weighted by molar-refractivity contribution is -0.111. The van der Waals surface area contributed by atoms with Gasteiger partial charge < -0.3 is 14.7 Å². The molecule has 2 aliphatic rings. The van der Waals surface area contributed by atoms with Crippen molar-refractivity contribution in [2.24, 2.45) is 13.0 Å². The SMILES string of the molecule is CC(C)C1(O)CN(C(=O)c2nn(C)c3c2C[C@H](C)O[C@@H]3C)C1. The molecule has 1 aromatic rings. The highest BCUT2D eigenvalue weighted by atomic mass is 16.5. The predicted octanol–water partition coefficient (Wildman–Crippen LogP) is 1.29. The topological polar surface area (TPSA) is 67.6 Å². The van der Waals surface area contributed by atoms with E-state index >= 15 is 0 Å². The number of rotatable bonds is 2. The van der Waals surface area contributed by atoms with Crippen LogP contribution in [0.4, 0.5) is 0 Å². The van der Waals surface area contributed by atoms with Gasteiger partial charge in [0, 0.05) is 19.0 Å². The highest BCUT2D eigenvalue weighted by Crippen LogP contribution is 2.34. The smallest absolute Gasteiger partial charge is 0.274 e. The number of hydrogen-bond donors (Lipinski definition) is 1. The number of likely N-dealkylation sites (tertiary alicyclic amines) is 1. The minimum Gasteiger partial charge on any atom is -0.386 e. The third-order valence-electron chi connectivity index (χ3n) is 5.00. The highest BCUT2D eigenvalue weighted by molar-refractivity contribution is 5.95. The lowest BCUT2D eigenvalue weighted by atomic mass is 9.82. The molecule has 1 N–H and O–H groups in total. The lowest BCUT2D eigenvalue weighted by Crippen LogP contribution is -2.66. The zero-order valence-corrected chi connectivity index (χ0v) is 14.0. The molecule has 3 rings (SSSR count). The number of aryl methyl sites for hydroxylation is 1. The summed E-state index contributed by atoms with van der Waals surface area (Å²) in [4.78, 5) is 14.4. The van der Waals surface area contributed by atoms with Crippen LogP contribution in [0.3, 0.4) is 0 Å². The van der Waals surface area contributed by atoms with Crippen LogP contribution in [0.1, 0.15) is 55.5 Å². The van der Waals surface area contributed by atoms with E-state index in [9.17, 15) is 9.90 Å². The fraction of sp³-hybridized carbons (Fsp3) is 0.750. The van der Waals surface area contributed by atoms with Gasteiger partial charge in [-0.1, -0.05) is 13.8 Å². The molecule has 0 radical (unpaired) electrons. The molecule has 0 aromatic carbocycles. The van der Waals surface area contributed by atoms with Crippen LogP contribution >= 0.6 is 0 Å². The van der Waals surface area contributed by atoms with Gasteiger partial charge in [0.15, 0.2) is 5.69 Å². The maximum atomic E-state index is 12.7. The number of β-amino-alcohol motifs (C(OH)–C–C–N with tert-alkyl or cyclic N) is 1. The molecule has 0 spiro atoms. The predicted molar refractivity (Wildman–Crippen MR) is 81.6 cm³/mol. The molecule has 22 heavy (non-hydrogen) atoms. The first-order valence-electron chi connectivity index (χ1n) is 7.96. The molecule has 0 saturated carbocycles. The molecule has 6 heteroatoms. The Morgan fingerprint density at radius 3 is 2.64 bits per heavy atom. The van der Waals surface area contributed by atoms with Crippen LogP contribution in [0.5, 0.6) is 0 Å². The van der Waals surface area contributed by atoms with E-state index in [1.807, 2.05) is 34.7 Å². The number of nitrogens with zero attached hydrogens (tertiary/aromatic N) is 3. The third kappa shape index (κ3) is 2.25. The Morgan fingerprint density at radius 2 is 2.05 bits per heavy atom. The summed E-state index contributed by atoms with van der Waals surface area (Å²) in [6.07, 6.45) is 0.737. The minimum atomic E-state index is -0.756. The Labute approximate surface area is 131 Å². The van der Waals surface area contributed by atoms with Crippen molar-refractivity contribution in [2.45, 2.75) is 51.9 Å². The van der Waals surface area contributed by atoms with Crippen LogP contribution in [0.15, 0.2) is 0 Å². The molecule has 1 saturated heterocycles. The van der Waals surface area contributed by atoms with Gasteiger partial charge in [-0.3, -0.25) is 9.48 Å². The van der Waals surface area contributed by atoms with Crippen LogP contribution < -0.4 is 0 Å². The van der Waals surface area contributed by atoms with E-state index in [1.165, 1.54) is 0 Å². The van der Waals surface area contributed by atoms with Gasteiger partial charge in [-0.25, -0.2) is 0 Å². The van der Waals surface area contributed by atoms with Crippen molar-refractivity contribution in [3.05, 3.63) is 17.0 Å². The maximum Gasteiger partial charge on any atom is 0.274 e. The Bertz CT molecular complexity index is 602. The molecule has 2 atom stereocenters. The average molecular weight is 307 g/mol. The second-order valence-corrected chi connectivity index (χ2v) is 7.05. The molecule has 3 heterocycles. The van der Waals surface area contributed by atoms with Crippen molar-refractivity contribution < 1.29 is 14.6 Å². The quantitative estimate of drug-likeness (QED) is 0.894. The highest BCUT2D eigenvalue weighted by Gasteiger charge is 2.47. The van der Waals surface area contributed by atoms with Crippen molar-refractivity contribution in [2.75, 3.05) is 13.1 Å². The molecular weight excluding hydrogens is 282 g/mol. The van der Waals surface area contributed by atoms with Crippen molar-refractivity contribution in [1.82, 2.24) is 14.7 Å². The van der Waals surface area contributed by atoms with Gasteiger partial charge in [0.05, 0.1) is 31.0 Å². The van der Waals surface area contributed by atoms with Crippen LogP contribution in [-0.2, 0) is 18.2 Å². The Hall–Kier alpha value is -1.40. The number of carbonyl (C=O) groups excluding carboxylic acids is 1.